The molecule has 0 aliphatic carbocycles. The molecule has 0 fully saturated rings. The fourth-order valence-electron chi connectivity index (χ4n) is 2.26. The predicted octanol–water partition coefficient (Wildman–Crippen LogP) is 5.71. The molecule has 1 rings (SSSR count). The molecule has 1 aromatic rings. The number of rotatable bonds is 7. The first-order valence-electron chi connectivity index (χ1n) is 7.03. The molecule has 0 aromatic heterocycles. The minimum atomic E-state index is 0.572. The zero-order valence-corrected chi connectivity index (χ0v) is 11.6. The van der Waals surface area contributed by atoms with E-state index < -0.39 is 0 Å². The summed E-state index contributed by atoms with van der Waals surface area (Å²) in [6.07, 6.45) is 8.88. The minimum absolute atomic E-state index is 0.572. The zero-order chi connectivity index (χ0) is 12.5. The van der Waals surface area contributed by atoms with Crippen molar-refractivity contribution >= 4 is 0 Å². The molecule has 1 unspecified atom stereocenters. The first-order chi connectivity index (χ1) is 8.29. The molecule has 0 aliphatic heterocycles. The van der Waals surface area contributed by atoms with Gasteiger partial charge in [-0.25, -0.2) is 0 Å². The van der Waals surface area contributed by atoms with Crippen LogP contribution in [0.2, 0.25) is 0 Å². The van der Waals surface area contributed by atoms with E-state index in [9.17, 15) is 0 Å². The molecule has 0 aliphatic rings. The van der Waals surface area contributed by atoms with Crippen molar-refractivity contribution in [3.63, 3.8) is 0 Å². The first kappa shape index (κ1) is 14.0. The molecule has 17 heavy (non-hydrogen) atoms. The number of benzene rings is 1. The summed E-state index contributed by atoms with van der Waals surface area (Å²) in [6.45, 7) is 6.85. The summed E-state index contributed by atoms with van der Waals surface area (Å²) in [5.41, 5.74) is 3.03. The van der Waals surface area contributed by atoms with Crippen LogP contribution in [0.15, 0.2) is 42.0 Å². The summed E-state index contributed by atoms with van der Waals surface area (Å²) >= 11 is 0. The van der Waals surface area contributed by atoms with Gasteiger partial charge in [-0.1, -0.05) is 75.6 Å². The lowest BCUT2D eigenvalue weighted by atomic mass is 9.90. The zero-order valence-electron chi connectivity index (χ0n) is 11.6. The Kier molecular flexibility index (Phi) is 6.69. The maximum Gasteiger partial charge on any atom is 0.00196 e. The van der Waals surface area contributed by atoms with E-state index in [0.29, 0.717) is 5.92 Å². The first-order valence-corrected chi connectivity index (χ1v) is 7.03. The largest absolute Gasteiger partial charge is 0.0847 e. The van der Waals surface area contributed by atoms with E-state index in [1.165, 1.54) is 37.7 Å². The van der Waals surface area contributed by atoms with E-state index in [2.05, 4.69) is 57.2 Å². The molecule has 1 aromatic carbocycles. The molecule has 0 bridgehead atoms. The Bertz CT molecular complexity index is 321. The fourth-order valence-corrected chi connectivity index (χ4v) is 2.26. The van der Waals surface area contributed by atoms with E-state index in [1.807, 2.05) is 0 Å². The Balaban J connectivity index is 2.60. The van der Waals surface area contributed by atoms with Gasteiger partial charge in [0, 0.05) is 5.92 Å². The number of unbranched alkanes of at least 4 members (excludes halogenated alkanes) is 3. The lowest BCUT2D eigenvalue weighted by Crippen LogP contribution is -1.97. The van der Waals surface area contributed by atoms with Crippen LogP contribution in [0.3, 0.4) is 0 Å². The molecular weight excluding hydrogens is 204 g/mol. The van der Waals surface area contributed by atoms with Gasteiger partial charge in [0.15, 0.2) is 0 Å². The Labute approximate surface area is 107 Å². The van der Waals surface area contributed by atoms with Crippen LogP contribution in [-0.2, 0) is 0 Å². The third-order valence-corrected chi connectivity index (χ3v) is 3.48. The Morgan fingerprint density at radius 3 is 2.41 bits per heavy atom. The highest BCUT2D eigenvalue weighted by atomic mass is 14.1. The highest BCUT2D eigenvalue weighted by Gasteiger charge is 2.08. The molecule has 0 nitrogen and oxygen atoms in total. The van der Waals surface area contributed by atoms with Crippen molar-refractivity contribution < 1.29 is 0 Å². The second-order valence-corrected chi connectivity index (χ2v) is 4.76. The number of allylic oxidation sites excluding steroid dienone is 2. The normalized spacial score (nSPS) is 13.7. The molecule has 0 heteroatoms. The van der Waals surface area contributed by atoms with Gasteiger partial charge in [-0.3, -0.25) is 0 Å². The molecule has 0 N–H and O–H groups in total. The van der Waals surface area contributed by atoms with Gasteiger partial charge in [0.25, 0.3) is 0 Å². The third kappa shape index (κ3) is 4.77. The fraction of sp³-hybridized carbons (Fsp3) is 0.529. The van der Waals surface area contributed by atoms with Crippen LogP contribution < -0.4 is 0 Å². The highest BCUT2D eigenvalue weighted by molar-refractivity contribution is 5.27. The number of hydrogen-bond donors (Lipinski definition) is 0. The smallest absolute Gasteiger partial charge is 0.00196 e. The van der Waals surface area contributed by atoms with Crippen LogP contribution in [0.5, 0.6) is 0 Å². The molecule has 94 valence electrons. The minimum Gasteiger partial charge on any atom is -0.0847 e. The van der Waals surface area contributed by atoms with E-state index in [4.69, 9.17) is 0 Å². The Morgan fingerprint density at radius 2 is 1.82 bits per heavy atom. The van der Waals surface area contributed by atoms with Crippen molar-refractivity contribution in [1.29, 1.82) is 0 Å². The predicted molar refractivity (Wildman–Crippen MR) is 77.4 cm³/mol. The summed E-state index contributed by atoms with van der Waals surface area (Å²) in [5, 5.41) is 0. The van der Waals surface area contributed by atoms with Crippen molar-refractivity contribution in [2.24, 2.45) is 0 Å². The molecular formula is C17H26. The highest BCUT2D eigenvalue weighted by Crippen LogP contribution is 2.26. The molecule has 0 radical (unpaired) electrons. The number of hydrogen-bond acceptors (Lipinski definition) is 0. The molecule has 0 saturated heterocycles. The third-order valence-electron chi connectivity index (χ3n) is 3.48. The van der Waals surface area contributed by atoms with Gasteiger partial charge >= 0.3 is 0 Å². The van der Waals surface area contributed by atoms with Crippen molar-refractivity contribution in [3.05, 3.63) is 47.5 Å². The van der Waals surface area contributed by atoms with E-state index >= 15 is 0 Å². The van der Waals surface area contributed by atoms with Gasteiger partial charge in [0.1, 0.15) is 0 Å². The van der Waals surface area contributed by atoms with Gasteiger partial charge < -0.3 is 0 Å². The lowest BCUT2D eigenvalue weighted by Gasteiger charge is -2.15. The van der Waals surface area contributed by atoms with Gasteiger partial charge in [-0.2, -0.15) is 0 Å². The molecule has 0 spiro atoms. The van der Waals surface area contributed by atoms with Gasteiger partial charge in [0.05, 0.1) is 0 Å². The van der Waals surface area contributed by atoms with Crippen molar-refractivity contribution in [2.75, 3.05) is 0 Å². The summed E-state index contributed by atoms with van der Waals surface area (Å²) in [4.78, 5) is 0. The topological polar surface area (TPSA) is 0 Å². The lowest BCUT2D eigenvalue weighted by molar-refractivity contribution is 0.718. The van der Waals surface area contributed by atoms with Crippen LogP contribution >= 0.6 is 0 Å². The van der Waals surface area contributed by atoms with Crippen LogP contribution in [0.25, 0.3) is 0 Å². The average molecular weight is 230 g/mol. The van der Waals surface area contributed by atoms with Gasteiger partial charge in [-0.05, 0) is 24.8 Å². The van der Waals surface area contributed by atoms with Gasteiger partial charge in [-0.15, -0.1) is 0 Å². The molecule has 1 atom stereocenters. The Morgan fingerprint density at radius 1 is 1.12 bits per heavy atom. The Hall–Kier alpha value is -1.04. The van der Waals surface area contributed by atoms with Crippen molar-refractivity contribution in [2.45, 2.75) is 58.8 Å². The van der Waals surface area contributed by atoms with E-state index in [0.717, 1.165) is 0 Å². The summed E-state index contributed by atoms with van der Waals surface area (Å²) in [7, 11) is 0. The monoisotopic (exact) mass is 230 g/mol. The van der Waals surface area contributed by atoms with Crippen molar-refractivity contribution in [3.8, 4) is 0 Å². The summed E-state index contributed by atoms with van der Waals surface area (Å²) in [5.74, 6) is 0.572. The van der Waals surface area contributed by atoms with Crippen LogP contribution in [0.1, 0.15) is 64.4 Å². The SMILES string of the molecule is CCCCC/C=C(\CC)C(C)c1ccccc1. The van der Waals surface area contributed by atoms with Crippen LogP contribution in [0.4, 0.5) is 0 Å². The average Bonchev–Trinajstić information content (AvgIpc) is 2.39. The molecule has 0 heterocycles. The summed E-state index contributed by atoms with van der Waals surface area (Å²) < 4.78 is 0. The van der Waals surface area contributed by atoms with Crippen molar-refractivity contribution in [1.82, 2.24) is 0 Å². The maximum absolute atomic E-state index is 2.47. The van der Waals surface area contributed by atoms with Crippen LogP contribution in [-0.4, -0.2) is 0 Å². The van der Waals surface area contributed by atoms with Gasteiger partial charge in [0.2, 0.25) is 0 Å². The quantitative estimate of drug-likeness (QED) is 0.416. The van der Waals surface area contributed by atoms with Crippen LogP contribution in [0, 0.1) is 0 Å². The van der Waals surface area contributed by atoms with E-state index in [-0.39, 0.29) is 0 Å². The standard InChI is InChI=1S/C17H26/c1-4-6-7-9-12-16(5-2)15(3)17-13-10-8-11-14-17/h8,10-15H,4-7,9H2,1-3H3/b16-12+. The molecule has 0 amide bonds. The van der Waals surface area contributed by atoms with E-state index in [1.54, 1.807) is 5.57 Å². The molecule has 0 saturated carbocycles. The second-order valence-electron chi connectivity index (χ2n) is 4.76. The summed E-state index contributed by atoms with van der Waals surface area (Å²) in [6, 6.07) is 10.8. The second kappa shape index (κ2) is 8.11. The maximum atomic E-state index is 2.47.